The number of hydrogen-bond acceptors (Lipinski definition) is 6. The van der Waals surface area contributed by atoms with Crippen LogP contribution in [0.5, 0.6) is 5.75 Å². The van der Waals surface area contributed by atoms with Gasteiger partial charge < -0.3 is 19.3 Å². The molecule has 0 atom stereocenters. The Balaban J connectivity index is 1.28. The molecule has 0 spiro atoms. The molecule has 1 aromatic heterocycles. The number of ether oxygens (including phenoxy) is 2. The summed E-state index contributed by atoms with van der Waals surface area (Å²) in [5.41, 5.74) is 3.45. The van der Waals surface area contributed by atoms with Crippen molar-refractivity contribution < 1.29 is 19.1 Å². The topological polar surface area (TPSA) is 76.9 Å². The monoisotopic (exact) mass is 496 g/mol. The molecule has 1 amide bonds. The summed E-state index contributed by atoms with van der Waals surface area (Å²) in [5.74, 6) is -0.0971. The van der Waals surface area contributed by atoms with E-state index in [9.17, 15) is 9.59 Å². The standard InChI is InChI=1S/C29H28N4O4/c1-36-25-14-12-22(13-15-25)28-26(20-33(30-28)24-10-6-3-7-11-24)29(35)37-21-27(34)32-18-16-31(17-19-32)23-8-4-2-5-9-23/h2-15,20H,16-19,21H2,1H3. The van der Waals surface area contributed by atoms with Gasteiger partial charge in [-0.1, -0.05) is 36.4 Å². The van der Waals surface area contributed by atoms with E-state index >= 15 is 0 Å². The number of carbonyl (C=O) groups is 2. The number of aromatic nitrogens is 2. The number of nitrogens with zero attached hydrogens (tertiary/aromatic N) is 4. The van der Waals surface area contributed by atoms with Crippen LogP contribution in [0.1, 0.15) is 10.4 Å². The van der Waals surface area contributed by atoms with E-state index in [1.807, 2.05) is 72.8 Å². The molecule has 1 aliphatic heterocycles. The van der Waals surface area contributed by atoms with Crippen LogP contribution in [0.2, 0.25) is 0 Å². The fourth-order valence-electron chi connectivity index (χ4n) is 4.35. The minimum absolute atomic E-state index is 0.206. The van der Waals surface area contributed by atoms with Gasteiger partial charge in [-0.3, -0.25) is 4.79 Å². The first-order valence-electron chi connectivity index (χ1n) is 12.2. The van der Waals surface area contributed by atoms with E-state index in [4.69, 9.17) is 9.47 Å². The molecule has 0 saturated carbocycles. The Kier molecular flexibility index (Phi) is 7.16. The summed E-state index contributed by atoms with van der Waals surface area (Å²) in [7, 11) is 1.60. The van der Waals surface area contributed by atoms with Gasteiger partial charge in [-0.25, -0.2) is 9.48 Å². The molecule has 8 heteroatoms. The second-order valence-corrected chi connectivity index (χ2v) is 8.68. The van der Waals surface area contributed by atoms with Crippen LogP contribution in [0.3, 0.4) is 0 Å². The highest BCUT2D eigenvalue weighted by molar-refractivity contribution is 5.97. The molecule has 8 nitrogen and oxygen atoms in total. The van der Waals surface area contributed by atoms with Crippen LogP contribution in [0, 0.1) is 0 Å². The number of benzene rings is 3. The smallest absolute Gasteiger partial charge is 0.342 e. The molecular weight excluding hydrogens is 468 g/mol. The Morgan fingerprint density at radius 2 is 1.43 bits per heavy atom. The van der Waals surface area contributed by atoms with Crippen molar-refractivity contribution in [2.75, 3.05) is 44.8 Å². The summed E-state index contributed by atoms with van der Waals surface area (Å²) in [5, 5.41) is 4.66. The molecule has 5 rings (SSSR count). The normalized spacial score (nSPS) is 13.3. The third-order valence-corrected chi connectivity index (χ3v) is 6.40. The van der Waals surface area contributed by atoms with Crippen molar-refractivity contribution in [2.45, 2.75) is 0 Å². The van der Waals surface area contributed by atoms with E-state index in [2.05, 4.69) is 22.1 Å². The van der Waals surface area contributed by atoms with E-state index in [-0.39, 0.29) is 18.1 Å². The van der Waals surface area contributed by atoms with Gasteiger partial charge in [0.05, 0.1) is 12.8 Å². The fourth-order valence-corrected chi connectivity index (χ4v) is 4.35. The highest BCUT2D eigenvalue weighted by atomic mass is 16.5. The maximum Gasteiger partial charge on any atom is 0.342 e. The third kappa shape index (κ3) is 5.48. The van der Waals surface area contributed by atoms with Gasteiger partial charge in [0.25, 0.3) is 5.91 Å². The minimum Gasteiger partial charge on any atom is -0.497 e. The number of anilines is 1. The summed E-state index contributed by atoms with van der Waals surface area (Å²) in [4.78, 5) is 30.0. The van der Waals surface area contributed by atoms with Crippen molar-refractivity contribution >= 4 is 17.6 Å². The summed E-state index contributed by atoms with van der Waals surface area (Å²) in [6.07, 6.45) is 1.64. The molecule has 1 fully saturated rings. The van der Waals surface area contributed by atoms with E-state index in [1.165, 1.54) is 0 Å². The van der Waals surface area contributed by atoms with Crippen LogP contribution in [0.25, 0.3) is 16.9 Å². The molecule has 0 bridgehead atoms. The van der Waals surface area contributed by atoms with Crippen molar-refractivity contribution in [3.63, 3.8) is 0 Å². The van der Waals surface area contributed by atoms with Gasteiger partial charge in [-0.15, -0.1) is 0 Å². The average Bonchev–Trinajstić information content (AvgIpc) is 3.42. The molecule has 1 saturated heterocycles. The Hall–Kier alpha value is -4.59. The Labute approximate surface area is 215 Å². The first kappa shape index (κ1) is 24.1. The van der Waals surface area contributed by atoms with Crippen molar-refractivity contribution in [1.29, 1.82) is 0 Å². The summed E-state index contributed by atoms with van der Waals surface area (Å²) in [6, 6.07) is 26.9. The van der Waals surface area contributed by atoms with Crippen molar-refractivity contribution in [3.05, 3.63) is 96.7 Å². The van der Waals surface area contributed by atoms with Crippen LogP contribution >= 0.6 is 0 Å². The maximum atomic E-state index is 13.2. The summed E-state index contributed by atoms with van der Waals surface area (Å²) in [6.45, 7) is 2.30. The largest absolute Gasteiger partial charge is 0.497 e. The SMILES string of the molecule is COc1ccc(-c2nn(-c3ccccc3)cc2C(=O)OCC(=O)N2CCN(c3ccccc3)CC2)cc1. The van der Waals surface area contributed by atoms with Gasteiger partial charge in [-0.05, 0) is 48.5 Å². The van der Waals surface area contributed by atoms with Gasteiger partial charge >= 0.3 is 5.97 Å². The van der Waals surface area contributed by atoms with Crippen LogP contribution < -0.4 is 9.64 Å². The lowest BCUT2D eigenvalue weighted by Gasteiger charge is -2.36. The highest BCUT2D eigenvalue weighted by Gasteiger charge is 2.24. The van der Waals surface area contributed by atoms with E-state index in [0.717, 1.165) is 30.0 Å². The minimum atomic E-state index is -0.593. The average molecular weight is 497 g/mol. The Morgan fingerprint density at radius 3 is 2.05 bits per heavy atom. The zero-order valence-corrected chi connectivity index (χ0v) is 20.6. The number of piperazine rings is 1. The fraction of sp³-hybridized carbons (Fsp3) is 0.207. The predicted octanol–water partition coefficient (Wildman–Crippen LogP) is 4.05. The molecule has 0 aliphatic carbocycles. The third-order valence-electron chi connectivity index (χ3n) is 6.40. The summed E-state index contributed by atoms with van der Waals surface area (Å²) < 4.78 is 12.4. The molecular formula is C29H28N4O4. The molecule has 188 valence electrons. The molecule has 1 aliphatic rings. The second kappa shape index (κ2) is 11.0. The van der Waals surface area contributed by atoms with Crippen molar-refractivity contribution in [1.82, 2.24) is 14.7 Å². The highest BCUT2D eigenvalue weighted by Crippen LogP contribution is 2.26. The predicted molar refractivity (Wildman–Crippen MR) is 141 cm³/mol. The van der Waals surface area contributed by atoms with Gasteiger partial charge in [0, 0.05) is 43.6 Å². The van der Waals surface area contributed by atoms with Crippen molar-refractivity contribution in [2.24, 2.45) is 0 Å². The van der Waals surface area contributed by atoms with E-state index < -0.39 is 5.97 Å². The number of para-hydroxylation sites is 2. The lowest BCUT2D eigenvalue weighted by molar-refractivity contribution is -0.134. The first-order chi connectivity index (χ1) is 18.1. The number of carbonyl (C=O) groups excluding carboxylic acids is 2. The van der Waals surface area contributed by atoms with E-state index in [0.29, 0.717) is 24.5 Å². The maximum absolute atomic E-state index is 13.2. The lowest BCUT2D eigenvalue weighted by atomic mass is 10.1. The van der Waals surface area contributed by atoms with Gasteiger partial charge in [0.1, 0.15) is 17.0 Å². The van der Waals surface area contributed by atoms with Crippen LogP contribution in [-0.4, -0.2) is 66.5 Å². The molecule has 3 aromatic carbocycles. The number of esters is 1. The molecule has 37 heavy (non-hydrogen) atoms. The van der Waals surface area contributed by atoms with E-state index in [1.54, 1.807) is 22.9 Å². The number of methoxy groups -OCH3 is 1. The zero-order chi connectivity index (χ0) is 25.6. The van der Waals surface area contributed by atoms with Gasteiger partial charge in [0.15, 0.2) is 6.61 Å². The zero-order valence-electron chi connectivity index (χ0n) is 20.6. The lowest BCUT2D eigenvalue weighted by Crippen LogP contribution is -2.49. The van der Waals surface area contributed by atoms with Gasteiger partial charge in [0.2, 0.25) is 0 Å². The molecule has 0 unspecified atom stereocenters. The van der Waals surface area contributed by atoms with Crippen LogP contribution in [0.15, 0.2) is 91.1 Å². The molecule has 4 aromatic rings. The number of hydrogen-bond donors (Lipinski definition) is 0. The summed E-state index contributed by atoms with van der Waals surface area (Å²) >= 11 is 0. The number of amides is 1. The quantitative estimate of drug-likeness (QED) is 0.359. The molecule has 2 heterocycles. The van der Waals surface area contributed by atoms with Crippen LogP contribution in [0.4, 0.5) is 5.69 Å². The molecule has 0 radical (unpaired) electrons. The second-order valence-electron chi connectivity index (χ2n) is 8.68. The van der Waals surface area contributed by atoms with Crippen LogP contribution in [-0.2, 0) is 9.53 Å². The van der Waals surface area contributed by atoms with Crippen molar-refractivity contribution in [3.8, 4) is 22.7 Å². The first-order valence-corrected chi connectivity index (χ1v) is 12.2. The van der Waals surface area contributed by atoms with Gasteiger partial charge in [-0.2, -0.15) is 5.10 Å². The Bertz CT molecular complexity index is 1350. The molecule has 0 N–H and O–H groups in total. The Morgan fingerprint density at radius 1 is 0.811 bits per heavy atom. The number of rotatable bonds is 7.